The Hall–Kier alpha value is -0.980. The molecule has 1 rings (SSSR count). The number of para-hydroxylation sites is 1. The molecule has 0 aromatic heterocycles. The van der Waals surface area contributed by atoms with Crippen LogP contribution in [-0.4, -0.2) is 13.1 Å². The minimum absolute atomic E-state index is 1.22. The molecule has 0 heterocycles. The fraction of sp³-hybridized carbons (Fsp3) is 0.714. The molecule has 0 spiro atoms. The maximum Gasteiger partial charge on any atom is 0.0366 e. The molecular weight excluding hydrogens is 266 g/mol. The van der Waals surface area contributed by atoms with Crippen molar-refractivity contribution in [3.63, 3.8) is 0 Å². The lowest BCUT2D eigenvalue weighted by molar-refractivity contribution is 0.580. The molecule has 1 aromatic carbocycles. The van der Waals surface area contributed by atoms with E-state index in [1.54, 1.807) is 0 Å². The van der Waals surface area contributed by atoms with E-state index in [9.17, 15) is 0 Å². The van der Waals surface area contributed by atoms with Crippen LogP contribution in [0.3, 0.4) is 0 Å². The molecule has 1 nitrogen and oxygen atoms in total. The molecule has 0 radical (unpaired) electrons. The summed E-state index contributed by atoms with van der Waals surface area (Å²) in [7, 11) is 0. The standard InChI is InChI=1S/C21H37N/c1-3-5-7-9-11-16-20-22(19-15-10-8-6-4-2)21-17-13-12-14-18-21/h12-14,17-18H,3-11,15-16,19-20H2,1-2H3. The molecule has 22 heavy (non-hydrogen) atoms. The Balaban J connectivity index is 2.29. The van der Waals surface area contributed by atoms with Gasteiger partial charge in [-0.3, -0.25) is 0 Å². The predicted octanol–water partition coefficient (Wildman–Crippen LogP) is 6.82. The van der Waals surface area contributed by atoms with Gasteiger partial charge in [-0.25, -0.2) is 0 Å². The van der Waals surface area contributed by atoms with Crippen molar-refractivity contribution in [3.05, 3.63) is 30.3 Å². The van der Waals surface area contributed by atoms with Gasteiger partial charge in [0.2, 0.25) is 0 Å². The number of nitrogens with zero attached hydrogens (tertiary/aromatic N) is 1. The van der Waals surface area contributed by atoms with Crippen molar-refractivity contribution in [1.82, 2.24) is 0 Å². The van der Waals surface area contributed by atoms with E-state index < -0.39 is 0 Å². The molecule has 0 fully saturated rings. The molecule has 0 unspecified atom stereocenters. The predicted molar refractivity (Wildman–Crippen MR) is 101 cm³/mol. The van der Waals surface area contributed by atoms with E-state index >= 15 is 0 Å². The number of benzene rings is 1. The van der Waals surface area contributed by atoms with Gasteiger partial charge in [-0.05, 0) is 25.0 Å². The average molecular weight is 304 g/mol. The van der Waals surface area contributed by atoms with Gasteiger partial charge in [-0.1, -0.05) is 89.8 Å². The summed E-state index contributed by atoms with van der Waals surface area (Å²) in [5.41, 5.74) is 1.41. The van der Waals surface area contributed by atoms with E-state index in [0.29, 0.717) is 0 Å². The molecule has 0 saturated heterocycles. The third-order valence-electron chi connectivity index (χ3n) is 4.43. The molecule has 126 valence electrons. The van der Waals surface area contributed by atoms with E-state index in [1.807, 2.05) is 0 Å². The number of hydrogen-bond acceptors (Lipinski definition) is 1. The van der Waals surface area contributed by atoms with Gasteiger partial charge in [0.25, 0.3) is 0 Å². The molecule has 0 bridgehead atoms. The summed E-state index contributed by atoms with van der Waals surface area (Å²) in [6, 6.07) is 11.0. The van der Waals surface area contributed by atoms with Crippen LogP contribution in [0.2, 0.25) is 0 Å². The zero-order valence-electron chi connectivity index (χ0n) is 15.0. The first kappa shape index (κ1) is 19.1. The van der Waals surface area contributed by atoms with E-state index in [2.05, 4.69) is 49.1 Å². The third kappa shape index (κ3) is 9.12. The summed E-state index contributed by atoms with van der Waals surface area (Å²) in [6.45, 7) is 7.02. The summed E-state index contributed by atoms with van der Waals surface area (Å²) in [5, 5.41) is 0. The first-order valence-corrected chi connectivity index (χ1v) is 9.68. The number of anilines is 1. The molecule has 0 aliphatic carbocycles. The largest absolute Gasteiger partial charge is 0.372 e. The molecular formula is C21H37N. The summed E-state index contributed by atoms with van der Waals surface area (Å²) < 4.78 is 0. The smallest absolute Gasteiger partial charge is 0.0366 e. The van der Waals surface area contributed by atoms with Crippen LogP contribution >= 0.6 is 0 Å². The van der Waals surface area contributed by atoms with Crippen LogP contribution in [0.4, 0.5) is 5.69 Å². The van der Waals surface area contributed by atoms with Crippen LogP contribution in [0.25, 0.3) is 0 Å². The Kier molecular flexibility index (Phi) is 11.8. The van der Waals surface area contributed by atoms with Gasteiger partial charge in [-0.15, -0.1) is 0 Å². The Morgan fingerprint density at radius 1 is 0.591 bits per heavy atom. The highest BCUT2D eigenvalue weighted by Gasteiger charge is 2.05. The van der Waals surface area contributed by atoms with Crippen LogP contribution < -0.4 is 4.90 Å². The minimum Gasteiger partial charge on any atom is -0.372 e. The normalized spacial score (nSPS) is 10.8. The SMILES string of the molecule is CCCCCCCCN(CCCCCCC)c1ccccc1. The van der Waals surface area contributed by atoms with Crippen molar-refractivity contribution < 1.29 is 0 Å². The summed E-state index contributed by atoms with van der Waals surface area (Å²) in [6.07, 6.45) is 15.1. The molecule has 0 atom stereocenters. The Labute approximate surface area is 139 Å². The summed E-state index contributed by atoms with van der Waals surface area (Å²) in [4.78, 5) is 2.60. The van der Waals surface area contributed by atoms with Crippen LogP contribution in [0, 0.1) is 0 Å². The molecule has 0 amide bonds. The van der Waals surface area contributed by atoms with Crippen LogP contribution in [0.5, 0.6) is 0 Å². The average Bonchev–Trinajstić information content (AvgIpc) is 2.56. The van der Waals surface area contributed by atoms with Crippen molar-refractivity contribution in [3.8, 4) is 0 Å². The fourth-order valence-corrected chi connectivity index (χ4v) is 3.00. The van der Waals surface area contributed by atoms with Gasteiger partial charge in [0.05, 0.1) is 0 Å². The Morgan fingerprint density at radius 3 is 1.55 bits per heavy atom. The maximum absolute atomic E-state index is 2.60. The number of hydrogen-bond donors (Lipinski definition) is 0. The summed E-state index contributed by atoms with van der Waals surface area (Å²) in [5.74, 6) is 0. The fourth-order valence-electron chi connectivity index (χ4n) is 3.00. The van der Waals surface area contributed by atoms with Crippen LogP contribution in [0.15, 0.2) is 30.3 Å². The second-order valence-electron chi connectivity index (χ2n) is 6.50. The van der Waals surface area contributed by atoms with Crippen molar-refractivity contribution in [2.75, 3.05) is 18.0 Å². The van der Waals surface area contributed by atoms with Crippen molar-refractivity contribution in [2.45, 2.75) is 84.5 Å². The third-order valence-corrected chi connectivity index (χ3v) is 4.43. The van der Waals surface area contributed by atoms with E-state index in [1.165, 1.54) is 89.4 Å². The van der Waals surface area contributed by atoms with Gasteiger partial charge in [0.15, 0.2) is 0 Å². The van der Waals surface area contributed by atoms with Crippen molar-refractivity contribution in [2.24, 2.45) is 0 Å². The highest BCUT2D eigenvalue weighted by molar-refractivity contribution is 5.45. The quantitative estimate of drug-likeness (QED) is 0.341. The number of unbranched alkanes of at least 4 members (excludes halogenated alkanes) is 9. The topological polar surface area (TPSA) is 3.24 Å². The Bertz CT molecular complexity index is 333. The molecule has 0 saturated carbocycles. The molecule has 0 aliphatic rings. The molecule has 0 N–H and O–H groups in total. The van der Waals surface area contributed by atoms with Gasteiger partial charge in [-0.2, -0.15) is 0 Å². The second-order valence-corrected chi connectivity index (χ2v) is 6.50. The zero-order chi connectivity index (χ0) is 15.9. The lowest BCUT2D eigenvalue weighted by atomic mass is 10.1. The first-order valence-electron chi connectivity index (χ1n) is 9.68. The second kappa shape index (κ2) is 13.7. The van der Waals surface area contributed by atoms with Crippen LogP contribution in [0.1, 0.15) is 84.5 Å². The van der Waals surface area contributed by atoms with Gasteiger partial charge in [0.1, 0.15) is 0 Å². The zero-order valence-corrected chi connectivity index (χ0v) is 15.0. The van der Waals surface area contributed by atoms with E-state index in [4.69, 9.17) is 0 Å². The molecule has 0 aliphatic heterocycles. The first-order chi connectivity index (χ1) is 10.9. The molecule has 1 heteroatoms. The lowest BCUT2D eigenvalue weighted by Crippen LogP contribution is -2.25. The summed E-state index contributed by atoms with van der Waals surface area (Å²) >= 11 is 0. The van der Waals surface area contributed by atoms with Gasteiger partial charge in [0, 0.05) is 18.8 Å². The van der Waals surface area contributed by atoms with Gasteiger partial charge >= 0.3 is 0 Å². The van der Waals surface area contributed by atoms with E-state index in [0.717, 1.165) is 0 Å². The minimum atomic E-state index is 1.22. The number of rotatable bonds is 14. The lowest BCUT2D eigenvalue weighted by Gasteiger charge is -2.25. The molecule has 1 aromatic rings. The highest BCUT2D eigenvalue weighted by atomic mass is 15.1. The van der Waals surface area contributed by atoms with Crippen molar-refractivity contribution in [1.29, 1.82) is 0 Å². The van der Waals surface area contributed by atoms with E-state index in [-0.39, 0.29) is 0 Å². The maximum atomic E-state index is 2.60. The van der Waals surface area contributed by atoms with Gasteiger partial charge < -0.3 is 4.90 Å². The van der Waals surface area contributed by atoms with Crippen molar-refractivity contribution >= 4 is 5.69 Å². The van der Waals surface area contributed by atoms with Crippen LogP contribution in [-0.2, 0) is 0 Å². The highest BCUT2D eigenvalue weighted by Crippen LogP contribution is 2.16. The Morgan fingerprint density at radius 2 is 1.05 bits per heavy atom. The monoisotopic (exact) mass is 303 g/mol.